The lowest BCUT2D eigenvalue weighted by atomic mass is 10.1. The third-order valence-electron chi connectivity index (χ3n) is 3.71. The predicted molar refractivity (Wildman–Crippen MR) is 87.9 cm³/mol. The Kier molecular flexibility index (Phi) is 5.33. The number of alkyl halides is 3. The Morgan fingerprint density at radius 2 is 2.00 bits per heavy atom. The van der Waals surface area contributed by atoms with Crippen LogP contribution in [0.3, 0.4) is 0 Å². The number of ether oxygens (including phenoxy) is 1. The first kappa shape index (κ1) is 19.8. The van der Waals surface area contributed by atoms with Crippen LogP contribution in [0.5, 0.6) is 0 Å². The van der Waals surface area contributed by atoms with Crippen LogP contribution in [-0.2, 0) is 10.9 Å². The molecule has 2 rings (SSSR count). The molecule has 1 N–H and O–H groups in total. The number of carbonyl (C=O) groups is 1. The number of hydrogen-bond donors (Lipinski definition) is 1. The fourth-order valence-electron chi connectivity index (χ4n) is 2.62. The Labute approximate surface area is 148 Å². The average Bonchev–Trinajstić information content (AvgIpc) is 2.93. The Bertz CT molecular complexity index is 701. The van der Waals surface area contributed by atoms with Gasteiger partial charge in [-0.1, -0.05) is 0 Å². The largest absolute Gasteiger partial charge is 0.444 e. The van der Waals surface area contributed by atoms with Gasteiger partial charge in [0.15, 0.2) is 0 Å². The van der Waals surface area contributed by atoms with E-state index in [0.717, 1.165) is 6.07 Å². The van der Waals surface area contributed by atoms with E-state index in [2.05, 4.69) is 5.32 Å². The van der Waals surface area contributed by atoms with Gasteiger partial charge in [-0.05, 0) is 39.3 Å². The van der Waals surface area contributed by atoms with Gasteiger partial charge in [-0.25, -0.2) is 4.79 Å². The van der Waals surface area contributed by atoms with Crippen molar-refractivity contribution >= 4 is 17.5 Å². The molecule has 10 heteroatoms. The molecule has 26 heavy (non-hydrogen) atoms. The van der Waals surface area contributed by atoms with Crippen LogP contribution < -0.4 is 5.32 Å². The standard InChI is InChI=1S/C16H20F3N3O4/c1-15(2,3)26-14(23)21-7-6-11(9-21)20-10-4-5-13(22(24)25)12(8-10)16(17,18)19/h4-5,8,11,20H,6-7,9H2,1-3H3/t11-/m1/s1. The summed E-state index contributed by atoms with van der Waals surface area (Å²) >= 11 is 0. The summed E-state index contributed by atoms with van der Waals surface area (Å²) in [7, 11) is 0. The number of nitrogens with one attached hydrogen (secondary N) is 1. The van der Waals surface area contributed by atoms with Crippen LogP contribution in [0.25, 0.3) is 0 Å². The second-order valence-corrected chi connectivity index (χ2v) is 7.04. The number of benzene rings is 1. The van der Waals surface area contributed by atoms with Gasteiger partial charge in [-0.2, -0.15) is 13.2 Å². The zero-order chi connectivity index (χ0) is 19.7. The molecule has 1 aromatic carbocycles. The second-order valence-electron chi connectivity index (χ2n) is 7.04. The van der Waals surface area contributed by atoms with Crippen molar-refractivity contribution in [1.82, 2.24) is 4.90 Å². The van der Waals surface area contributed by atoms with Gasteiger partial charge >= 0.3 is 12.3 Å². The molecule has 1 amide bonds. The van der Waals surface area contributed by atoms with E-state index in [0.29, 0.717) is 19.0 Å². The van der Waals surface area contributed by atoms with Gasteiger partial charge in [0, 0.05) is 30.9 Å². The maximum absolute atomic E-state index is 13.0. The van der Waals surface area contributed by atoms with Gasteiger partial charge in [0.2, 0.25) is 0 Å². The van der Waals surface area contributed by atoms with Crippen molar-refractivity contribution < 1.29 is 27.6 Å². The van der Waals surface area contributed by atoms with Gasteiger partial charge < -0.3 is 15.0 Å². The summed E-state index contributed by atoms with van der Waals surface area (Å²) in [5, 5.41) is 13.7. The van der Waals surface area contributed by atoms with Crippen molar-refractivity contribution in [3.63, 3.8) is 0 Å². The average molecular weight is 375 g/mol. The Morgan fingerprint density at radius 1 is 1.35 bits per heavy atom. The van der Waals surface area contributed by atoms with Crippen molar-refractivity contribution in [3.8, 4) is 0 Å². The van der Waals surface area contributed by atoms with Gasteiger partial charge in [0.25, 0.3) is 5.69 Å². The highest BCUT2D eigenvalue weighted by molar-refractivity contribution is 5.68. The maximum Gasteiger partial charge on any atom is 0.423 e. The smallest absolute Gasteiger partial charge is 0.423 e. The van der Waals surface area contributed by atoms with Crippen LogP contribution in [0.4, 0.5) is 29.3 Å². The van der Waals surface area contributed by atoms with Crippen molar-refractivity contribution in [2.45, 2.75) is 45.0 Å². The molecule has 7 nitrogen and oxygen atoms in total. The van der Waals surface area contributed by atoms with Gasteiger partial charge in [0.1, 0.15) is 11.2 Å². The molecule has 0 bridgehead atoms. The van der Waals surface area contributed by atoms with E-state index in [-0.39, 0.29) is 18.3 Å². The number of anilines is 1. The molecule has 1 aliphatic heterocycles. The summed E-state index contributed by atoms with van der Waals surface area (Å²) in [4.78, 5) is 23.2. The number of amides is 1. The first-order valence-corrected chi connectivity index (χ1v) is 7.97. The van der Waals surface area contributed by atoms with Crippen molar-refractivity contribution in [2.75, 3.05) is 18.4 Å². The quantitative estimate of drug-likeness (QED) is 0.637. The van der Waals surface area contributed by atoms with Gasteiger partial charge in [-0.3, -0.25) is 10.1 Å². The van der Waals surface area contributed by atoms with E-state index in [1.54, 1.807) is 20.8 Å². The van der Waals surface area contributed by atoms with Gasteiger partial charge in [0.05, 0.1) is 4.92 Å². The third-order valence-corrected chi connectivity index (χ3v) is 3.71. The number of nitrogens with zero attached hydrogens (tertiary/aromatic N) is 2. The van der Waals surface area contributed by atoms with E-state index in [1.165, 1.54) is 11.0 Å². The summed E-state index contributed by atoms with van der Waals surface area (Å²) in [6.07, 6.45) is -4.79. The molecule has 1 aliphatic rings. The van der Waals surface area contributed by atoms with Crippen LogP contribution in [0.15, 0.2) is 18.2 Å². The van der Waals surface area contributed by atoms with Gasteiger partial charge in [-0.15, -0.1) is 0 Å². The van der Waals surface area contributed by atoms with Crippen molar-refractivity contribution in [1.29, 1.82) is 0 Å². The highest BCUT2D eigenvalue weighted by Crippen LogP contribution is 2.37. The molecular weight excluding hydrogens is 355 g/mol. The lowest BCUT2D eigenvalue weighted by molar-refractivity contribution is -0.388. The minimum atomic E-state index is -4.84. The molecule has 0 aromatic heterocycles. The minimum Gasteiger partial charge on any atom is -0.444 e. The van der Waals surface area contributed by atoms with Crippen molar-refractivity contribution in [3.05, 3.63) is 33.9 Å². The maximum atomic E-state index is 13.0. The number of nitro groups is 1. The first-order valence-electron chi connectivity index (χ1n) is 7.97. The molecule has 0 spiro atoms. The highest BCUT2D eigenvalue weighted by atomic mass is 19.4. The summed E-state index contributed by atoms with van der Waals surface area (Å²) in [5.74, 6) is 0. The van der Waals surface area contributed by atoms with E-state index in [1.807, 2.05) is 0 Å². The van der Waals surface area contributed by atoms with E-state index in [9.17, 15) is 28.1 Å². The van der Waals surface area contributed by atoms with Crippen LogP contribution in [0, 0.1) is 10.1 Å². The van der Waals surface area contributed by atoms with E-state index < -0.39 is 34.0 Å². The zero-order valence-corrected chi connectivity index (χ0v) is 14.6. The van der Waals surface area contributed by atoms with Crippen molar-refractivity contribution in [2.24, 2.45) is 0 Å². The van der Waals surface area contributed by atoms with Crippen LogP contribution in [0.2, 0.25) is 0 Å². The SMILES string of the molecule is CC(C)(C)OC(=O)N1CC[C@@H](Nc2ccc([N+](=O)[O-])c(C(F)(F)F)c2)C1. The lowest BCUT2D eigenvalue weighted by Gasteiger charge is -2.24. The summed E-state index contributed by atoms with van der Waals surface area (Å²) in [6.45, 7) is 5.91. The molecule has 0 aliphatic carbocycles. The number of hydrogen-bond acceptors (Lipinski definition) is 5. The molecule has 1 aromatic rings. The molecule has 1 saturated heterocycles. The zero-order valence-electron chi connectivity index (χ0n) is 14.6. The minimum absolute atomic E-state index is 0.110. The number of likely N-dealkylation sites (tertiary alicyclic amines) is 1. The number of carbonyl (C=O) groups excluding carboxylic acids is 1. The topological polar surface area (TPSA) is 84.7 Å². The Morgan fingerprint density at radius 3 is 2.54 bits per heavy atom. The number of halogens is 3. The number of rotatable bonds is 3. The molecular formula is C16H20F3N3O4. The summed E-state index contributed by atoms with van der Waals surface area (Å²) < 4.78 is 44.3. The Balaban J connectivity index is 2.08. The molecule has 1 fully saturated rings. The Hall–Kier alpha value is -2.52. The lowest BCUT2D eigenvalue weighted by Crippen LogP contribution is -2.36. The van der Waals surface area contributed by atoms with E-state index in [4.69, 9.17) is 4.74 Å². The van der Waals surface area contributed by atoms with Crippen LogP contribution in [-0.4, -0.2) is 40.6 Å². The van der Waals surface area contributed by atoms with Crippen LogP contribution >= 0.6 is 0 Å². The monoisotopic (exact) mass is 375 g/mol. The highest BCUT2D eigenvalue weighted by Gasteiger charge is 2.38. The predicted octanol–water partition coefficient (Wildman–Crippen LogP) is 4.03. The molecule has 144 valence electrons. The summed E-state index contributed by atoms with van der Waals surface area (Å²) in [5.41, 5.74) is -2.83. The molecule has 0 unspecified atom stereocenters. The second kappa shape index (κ2) is 7.00. The molecule has 1 atom stereocenters. The number of nitro benzene ring substituents is 1. The fourth-order valence-corrected chi connectivity index (χ4v) is 2.62. The van der Waals surface area contributed by atoms with Crippen LogP contribution in [0.1, 0.15) is 32.8 Å². The molecule has 1 heterocycles. The molecule has 0 saturated carbocycles. The summed E-state index contributed by atoms with van der Waals surface area (Å²) in [6, 6.07) is 2.49. The fraction of sp³-hybridized carbons (Fsp3) is 0.562. The first-order chi connectivity index (χ1) is 11.9. The normalized spacial score (nSPS) is 17.9. The molecule has 0 radical (unpaired) electrons. The third kappa shape index (κ3) is 4.99. The van der Waals surface area contributed by atoms with E-state index >= 15 is 0 Å².